The first-order chi connectivity index (χ1) is 19.0. The van der Waals surface area contributed by atoms with Crippen LogP contribution in [0, 0.1) is 19.7 Å². The number of nitrogens with one attached hydrogen (secondary N) is 1. The molecule has 0 saturated carbocycles. The molecule has 3 rings (SSSR count). The number of anilines is 1. The minimum atomic E-state index is -4.21. The fourth-order valence-corrected chi connectivity index (χ4v) is 5.72. The fourth-order valence-electron chi connectivity index (χ4n) is 4.31. The lowest BCUT2D eigenvalue weighted by molar-refractivity contribution is -0.140. The second-order valence-corrected chi connectivity index (χ2v) is 11.9. The zero-order chi connectivity index (χ0) is 29.4. The van der Waals surface area contributed by atoms with Gasteiger partial charge in [0, 0.05) is 12.6 Å². The number of benzene rings is 3. The highest BCUT2D eigenvalue weighted by Gasteiger charge is 2.34. The molecule has 0 saturated heterocycles. The Kier molecular flexibility index (Phi) is 10.5. The summed E-state index contributed by atoms with van der Waals surface area (Å²) in [6.07, 6.45) is 1.06. The summed E-state index contributed by atoms with van der Waals surface area (Å²) in [5, 5.41) is 2.96. The molecule has 2 amide bonds. The summed E-state index contributed by atoms with van der Waals surface area (Å²) < 4.78 is 42.4. The molecule has 0 aliphatic rings. The van der Waals surface area contributed by atoms with Crippen LogP contribution in [0.4, 0.5) is 10.1 Å². The fraction of sp³-hybridized carbons (Fsp3) is 0.355. The Morgan fingerprint density at radius 2 is 1.52 bits per heavy atom. The van der Waals surface area contributed by atoms with E-state index < -0.39 is 34.3 Å². The van der Waals surface area contributed by atoms with E-state index in [1.807, 2.05) is 58.9 Å². The summed E-state index contributed by atoms with van der Waals surface area (Å²) in [4.78, 5) is 28.8. The van der Waals surface area contributed by atoms with E-state index in [-0.39, 0.29) is 29.1 Å². The van der Waals surface area contributed by atoms with Gasteiger partial charge in [-0.25, -0.2) is 12.8 Å². The average Bonchev–Trinajstić information content (AvgIpc) is 2.93. The molecule has 40 heavy (non-hydrogen) atoms. The van der Waals surface area contributed by atoms with Crippen molar-refractivity contribution in [1.82, 2.24) is 10.2 Å². The number of hydrogen-bond acceptors (Lipinski definition) is 4. The van der Waals surface area contributed by atoms with Crippen LogP contribution in [0.25, 0.3) is 0 Å². The van der Waals surface area contributed by atoms with Crippen molar-refractivity contribution in [3.63, 3.8) is 0 Å². The van der Waals surface area contributed by atoms with Crippen molar-refractivity contribution in [3.8, 4) is 0 Å². The molecule has 0 unspecified atom stereocenters. The number of sulfonamides is 1. The Bertz CT molecular complexity index is 1410. The third-order valence-corrected chi connectivity index (χ3v) is 8.78. The number of amides is 2. The van der Waals surface area contributed by atoms with Crippen LogP contribution in [0.1, 0.15) is 50.3 Å². The van der Waals surface area contributed by atoms with Gasteiger partial charge in [0.1, 0.15) is 18.4 Å². The molecule has 0 heterocycles. The molecule has 0 aliphatic carbocycles. The molecule has 2 atom stereocenters. The first-order valence-electron chi connectivity index (χ1n) is 13.5. The van der Waals surface area contributed by atoms with Gasteiger partial charge in [-0.05, 0) is 81.1 Å². The van der Waals surface area contributed by atoms with E-state index in [0.717, 1.165) is 39.5 Å². The largest absolute Gasteiger partial charge is 0.352 e. The summed E-state index contributed by atoms with van der Waals surface area (Å²) in [5.74, 6) is -1.38. The molecule has 1 N–H and O–H groups in total. The number of carbonyl (C=O) groups is 2. The van der Waals surface area contributed by atoms with Gasteiger partial charge < -0.3 is 10.2 Å². The molecule has 7 nitrogen and oxygen atoms in total. The summed E-state index contributed by atoms with van der Waals surface area (Å²) >= 11 is 0. The molecule has 0 fully saturated rings. The lowest BCUT2D eigenvalue weighted by atomic mass is 10.1. The van der Waals surface area contributed by atoms with Gasteiger partial charge in [0.2, 0.25) is 11.8 Å². The summed E-state index contributed by atoms with van der Waals surface area (Å²) in [6.45, 7) is 8.99. The highest BCUT2D eigenvalue weighted by molar-refractivity contribution is 7.92. The van der Waals surface area contributed by atoms with Crippen molar-refractivity contribution < 1.29 is 22.4 Å². The predicted molar refractivity (Wildman–Crippen MR) is 156 cm³/mol. The van der Waals surface area contributed by atoms with Crippen molar-refractivity contribution >= 4 is 27.5 Å². The number of halogens is 1. The van der Waals surface area contributed by atoms with Crippen LogP contribution >= 0.6 is 0 Å². The molecule has 0 aromatic heterocycles. The van der Waals surface area contributed by atoms with Crippen molar-refractivity contribution in [1.29, 1.82) is 0 Å². The molecule has 0 spiro atoms. The van der Waals surface area contributed by atoms with Crippen LogP contribution in [-0.2, 0) is 26.2 Å². The standard InChI is InChI=1S/C31H38FN3O4S/c1-6-24(5)33-31(37)29(7-2)34(20-25-11-9-8-10-23(25)4)30(36)21-35(27-16-14-26(32)15-17-27)40(38,39)28-18-12-22(3)13-19-28/h8-19,24,29H,6-7,20-21H2,1-5H3,(H,33,37)/t24-,29+/m1/s1. The molecule has 214 valence electrons. The van der Waals surface area contributed by atoms with Gasteiger partial charge in [0.05, 0.1) is 10.6 Å². The smallest absolute Gasteiger partial charge is 0.264 e. The molecule has 3 aromatic rings. The number of rotatable bonds is 12. The third kappa shape index (κ3) is 7.47. The van der Waals surface area contributed by atoms with Gasteiger partial charge in [-0.1, -0.05) is 55.8 Å². The van der Waals surface area contributed by atoms with E-state index >= 15 is 0 Å². The molecular weight excluding hydrogens is 529 g/mol. The Morgan fingerprint density at radius 3 is 2.10 bits per heavy atom. The lowest BCUT2D eigenvalue weighted by Crippen LogP contribution is -2.53. The number of nitrogens with zero attached hydrogens (tertiary/aromatic N) is 2. The van der Waals surface area contributed by atoms with E-state index in [2.05, 4.69) is 5.32 Å². The predicted octanol–water partition coefficient (Wildman–Crippen LogP) is 5.36. The van der Waals surface area contributed by atoms with Crippen molar-refractivity contribution in [3.05, 3.63) is 95.3 Å². The highest BCUT2D eigenvalue weighted by atomic mass is 32.2. The Morgan fingerprint density at radius 1 is 0.900 bits per heavy atom. The van der Waals surface area contributed by atoms with E-state index in [1.165, 1.54) is 29.2 Å². The van der Waals surface area contributed by atoms with Crippen LogP contribution in [0.5, 0.6) is 0 Å². The minimum Gasteiger partial charge on any atom is -0.352 e. The maximum Gasteiger partial charge on any atom is 0.264 e. The molecule has 0 bridgehead atoms. The first-order valence-corrected chi connectivity index (χ1v) is 14.9. The van der Waals surface area contributed by atoms with Crippen LogP contribution in [0.2, 0.25) is 0 Å². The number of aryl methyl sites for hydroxylation is 2. The van der Waals surface area contributed by atoms with Crippen molar-refractivity contribution in [2.45, 2.75) is 71.0 Å². The first kappa shape index (κ1) is 30.8. The molecule has 9 heteroatoms. The number of carbonyl (C=O) groups excluding carboxylic acids is 2. The Balaban J connectivity index is 2.06. The zero-order valence-electron chi connectivity index (χ0n) is 23.7. The van der Waals surface area contributed by atoms with Gasteiger partial charge in [-0.15, -0.1) is 0 Å². The summed E-state index contributed by atoms with van der Waals surface area (Å²) in [5.41, 5.74) is 2.81. The third-order valence-electron chi connectivity index (χ3n) is 6.99. The topological polar surface area (TPSA) is 86.8 Å². The minimum absolute atomic E-state index is 0.00207. The monoisotopic (exact) mass is 567 g/mol. The lowest BCUT2D eigenvalue weighted by Gasteiger charge is -2.34. The van der Waals surface area contributed by atoms with Gasteiger partial charge in [-0.3, -0.25) is 13.9 Å². The molecule has 0 radical (unpaired) electrons. The Hall–Kier alpha value is -3.72. The van der Waals surface area contributed by atoms with E-state index in [0.29, 0.717) is 6.42 Å². The summed E-state index contributed by atoms with van der Waals surface area (Å²) in [6, 6.07) is 17.9. The van der Waals surface area contributed by atoms with E-state index in [9.17, 15) is 22.4 Å². The van der Waals surface area contributed by atoms with Gasteiger partial charge >= 0.3 is 0 Å². The van der Waals surface area contributed by atoms with Crippen LogP contribution in [-0.4, -0.2) is 43.8 Å². The van der Waals surface area contributed by atoms with Crippen molar-refractivity contribution in [2.24, 2.45) is 0 Å². The molecule has 0 aliphatic heterocycles. The number of hydrogen-bond donors (Lipinski definition) is 1. The Labute approximate surface area is 237 Å². The van der Waals surface area contributed by atoms with Crippen LogP contribution < -0.4 is 9.62 Å². The quantitative estimate of drug-likeness (QED) is 0.319. The van der Waals surface area contributed by atoms with Gasteiger partial charge in [-0.2, -0.15) is 0 Å². The second-order valence-electron chi connectivity index (χ2n) is 9.99. The van der Waals surface area contributed by atoms with Gasteiger partial charge in [0.25, 0.3) is 10.0 Å². The molecular formula is C31H38FN3O4S. The highest BCUT2D eigenvalue weighted by Crippen LogP contribution is 2.26. The SMILES string of the molecule is CC[C@@H](C)NC(=O)[C@H](CC)N(Cc1ccccc1C)C(=O)CN(c1ccc(F)cc1)S(=O)(=O)c1ccc(C)cc1. The second kappa shape index (κ2) is 13.6. The van der Waals surface area contributed by atoms with E-state index in [1.54, 1.807) is 12.1 Å². The summed E-state index contributed by atoms with van der Waals surface area (Å²) in [7, 11) is -4.21. The van der Waals surface area contributed by atoms with Crippen LogP contribution in [0.15, 0.2) is 77.7 Å². The average molecular weight is 568 g/mol. The normalized spacial score (nSPS) is 12.8. The maximum atomic E-state index is 14.1. The van der Waals surface area contributed by atoms with Gasteiger partial charge in [0.15, 0.2) is 0 Å². The van der Waals surface area contributed by atoms with Crippen molar-refractivity contribution in [2.75, 3.05) is 10.8 Å². The maximum absolute atomic E-state index is 14.1. The zero-order valence-corrected chi connectivity index (χ0v) is 24.5. The van der Waals surface area contributed by atoms with E-state index in [4.69, 9.17) is 0 Å². The van der Waals surface area contributed by atoms with Crippen LogP contribution in [0.3, 0.4) is 0 Å². The molecule has 3 aromatic carbocycles.